The summed E-state index contributed by atoms with van der Waals surface area (Å²) in [6.07, 6.45) is 3.36. The molecule has 1 atom stereocenters. The van der Waals surface area contributed by atoms with E-state index in [4.69, 9.17) is 27.9 Å². The highest BCUT2D eigenvalue weighted by Crippen LogP contribution is 2.32. The Labute approximate surface area is 191 Å². The van der Waals surface area contributed by atoms with Gasteiger partial charge in [-0.15, -0.1) is 0 Å². The van der Waals surface area contributed by atoms with Gasteiger partial charge in [0.05, 0.1) is 29.1 Å². The first kappa shape index (κ1) is 21.5. The van der Waals surface area contributed by atoms with Gasteiger partial charge in [-0.3, -0.25) is 14.0 Å². The van der Waals surface area contributed by atoms with Crippen LogP contribution in [0.25, 0.3) is 6.08 Å². The molecular formula is C21H18Cl2N4O3S. The van der Waals surface area contributed by atoms with Crippen molar-refractivity contribution in [3.05, 3.63) is 82.2 Å². The number of methoxy groups -OCH3 is 1. The number of carbonyl (C=O) groups is 1. The van der Waals surface area contributed by atoms with E-state index in [1.54, 1.807) is 49.1 Å². The van der Waals surface area contributed by atoms with E-state index >= 15 is 0 Å². The van der Waals surface area contributed by atoms with Gasteiger partial charge < -0.3 is 4.74 Å². The number of aryl methyl sites for hydroxylation is 1. The Bertz CT molecular complexity index is 1430. The molecule has 0 amide bonds. The minimum Gasteiger partial charge on any atom is -0.466 e. The second-order valence-electron chi connectivity index (χ2n) is 7.05. The quantitative estimate of drug-likeness (QED) is 0.544. The Morgan fingerprint density at radius 3 is 2.65 bits per heavy atom. The summed E-state index contributed by atoms with van der Waals surface area (Å²) < 4.78 is 8.66. The molecule has 4 rings (SSSR count). The summed E-state index contributed by atoms with van der Waals surface area (Å²) in [5.41, 5.74) is 2.75. The maximum atomic E-state index is 13.5. The minimum absolute atomic E-state index is 0.281. The topological polar surface area (TPSA) is 78.5 Å². The Morgan fingerprint density at radius 1 is 1.29 bits per heavy atom. The highest BCUT2D eigenvalue weighted by Gasteiger charge is 2.35. The lowest BCUT2D eigenvalue weighted by Crippen LogP contribution is -2.40. The summed E-state index contributed by atoms with van der Waals surface area (Å²) >= 11 is 13.5. The van der Waals surface area contributed by atoms with E-state index in [0.717, 1.165) is 11.3 Å². The van der Waals surface area contributed by atoms with Crippen LogP contribution in [0.4, 0.5) is 0 Å². The Hall–Kier alpha value is -2.68. The van der Waals surface area contributed by atoms with Gasteiger partial charge in [-0.1, -0.05) is 40.6 Å². The molecule has 3 aromatic rings. The third-order valence-electron chi connectivity index (χ3n) is 5.24. The first-order valence-electron chi connectivity index (χ1n) is 9.27. The number of thiazole rings is 1. The van der Waals surface area contributed by atoms with Gasteiger partial charge in [0.25, 0.3) is 5.56 Å². The minimum atomic E-state index is -0.694. The molecule has 1 aromatic carbocycles. The zero-order valence-corrected chi connectivity index (χ0v) is 19.5. The second-order valence-corrected chi connectivity index (χ2v) is 8.90. The number of rotatable bonds is 3. The number of benzene rings is 1. The summed E-state index contributed by atoms with van der Waals surface area (Å²) in [7, 11) is 3.11. The van der Waals surface area contributed by atoms with Crippen LogP contribution in [0.2, 0.25) is 10.0 Å². The highest BCUT2D eigenvalue weighted by molar-refractivity contribution is 7.07. The molecule has 0 saturated heterocycles. The molecule has 10 heteroatoms. The molecule has 31 heavy (non-hydrogen) atoms. The normalized spacial score (nSPS) is 16.3. The number of esters is 1. The lowest BCUT2D eigenvalue weighted by Gasteiger charge is -2.23. The first-order valence-corrected chi connectivity index (χ1v) is 10.8. The van der Waals surface area contributed by atoms with E-state index in [1.807, 2.05) is 6.92 Å². The van der Waals surface area contributed by atoms with Gasteiger partial charge >= 0.3 is 5.97 Å². The molecule has 0 aliphatic carbocycles. The van der Waals surface area contributed by atoms with E-state index in [1.165, 1.54) is 23.0 Å². The summed E-state index contributed by atoms with van der Waals surface area (Å²) in [4.78, 5) is 31.1. The van der Waals surface area contributed by atoms with Crippen LogP contribution in [-0.2, 0) is 16.6 Å². The maximum Gasteiger partial charge on any atom is 0.338 e. The van der Waals surface area contributed by atoms with E-state index in [2.05, 4.69) is 10.1 Å². The Balaban J connectivity index is 2.01. The van der Waals surface area contributed by atoms with Crippen LogP contribution in [0.5, 0.6) is 0 Å². The van der Waals surface area contributed by atoms with Gasteiger partial charge in [0, 0.05) is 28.4 Å². The number of hydrogen-bond acceptors (Lipinski definition) is 6. The third-order valence-corrected chi connectivity index (χ3v) is 6.79. The fraction of sp³-hybridized carbons (Fsp3) is 0.238. The van der Waals surface area contributed by atoms with Crippen LogP contribution in [0, 0.1) is 6.92 Å². The maximum absolute atomic E-state index is 13.5. The standard InChI is InChI=1S/C21H18Cl2N4O3S/c1-10-17(20(29)30-4)18(14-9-24-26(3)11(14)2)27-19(28)16(31-21(27)25-10)7-12-5-6-13(22)8-15(12)23/h5-9,18H,1-4H3/b16-7+. The fourth-order valence-electron chi connectivity index (χ4n) is 3.53. The molecule has 1 unspecified atom stereocenters. The van der Waals surface area contributed by atoms with Crippen molar-refractivity contribution >= 4 is 46.6 Å². The van der Waals surface area contributed by atoms with Crippen LogP contribution >= 0.6 is 34.5 Å². The van der Waals surface area contributed by atoms with E-state index < -0.39 is 12.0 Å². The fourth-order valence-corrected chi connectivity index (χ4v) is 5.03. The lowest BCUT2D eigenvalue weighted by molar-refractivity contribution is -0.136. The van der Waals surface area contributed by atoms with Gasteiger partial charge in [-0.2, -0.15) is 5.10 Å². The largest absolute Gasteiger partial charge is 0.466 e. The van der Waals surface area contributed by atoms with Gasteiger partial charge in [0.15, 0.2) is 4.80 Å². The molecule has 3 heterocycles. The number of nitrogens with zero attached hydrogens (tertiary/aromatic N) is 4. The Kier molecular flexibility index (Phi) is 5.63. The molecule has 7 nitrogen and oxygen atoms in total. The smallest absolute Gasteiger partial charge is 0.338 e. The summed E-state index contributed by atoms with van der Waals surface area (Å²) in [6, 6.07) is 4.38. The number of hydrogen-bond donors (Lipinski definition) is 0. The van der Waals surface area contributed by atoms with Crippen LogP contribution in [0.1, 0.15) is 29.8 Å². The number of carbonyl (C=O) groups excluding carboxylic acids is 1. The van der Waals surface area contributed by atoms with Crippen molar-refractivity contribution in [2.24, 2.45) is 12.0 Å². The van der Waals surface area contributed by atoms with Crippen LogP contribution < -0.4 is 14.9 Å². The van der Waals surface area contributed by atoms with E-state index in [9.17, 15) is 9.59 Å². The summed E-state index contributed by atoms with van der Waals surface area (Å²) in [6.45, 7) is 3.62. The molecule has 2 aromatic heterocycles. The van der Waals surface area contributed by atoms with Gasteiger partial charge in [-0.05, 0) is 37.6 Å². The van der Waals surface area contributed by atoms with Crippen molar-refractivity contribution < 1.29 is 9.53 Å². The molecule has 1 aliphatic heterocycles. The third kappa shape index (κ3) is 3.64. The average Bonchev–Trinajstić information content (AvgIpc) is 3.21. The van der Waals surface area contributed by atoms with Crippen molar-refractivity contribution in [2.45, 2.75) is 19.9 Å². The number of ether oxygens (including phenoxy) is 1. The summed E-state index contributed by atoms with van der Waals surface area (Å²) in [5.74, 6) is -0.537. The lowest BCUT2D eigenvalue weighted by atomic mass is 9.96. The summed E-state index contributed by atoms with van der Waals surface area (Å²) in [5, 5.41) is 5.24. The van der Waals surface area contributed by atoms with Gasteiger partial charge in [-0.25, -0.2) is 9.79 Å². The first-order chi connectivity index (χ1) is 14.7. The second kappa shape index (κ2) is 8.11. The van der Waals surface area contributed by atoms with Gasteiger partial charge in [0.2, 0.25) is 0 Å². The number of aromatic nitrogens is 3. The highest BCUT2D eigenvalue weighted by atomic mass is 35.5. The average molecular weight is 477 g/mol. The molecule has 0 radical (unpaired) electrons. The molecule has 0 bridgehead atoms. The van der Waals surface area contributed by atoms with Crippen molar-refractivity contribution in [1.29, 1.82) is 0 Å². The molecule has 0 fully saturated rings. The predicted molar refractivity (Wildman–Crippen MR) is 120 cm³/mol. The molecule has 0 spiro atoms. The molecule has 0 N–H and O–H groups in total. The van der Waals surface area contributed by atoms with Crippen molar-refractivity contribution in [3.63, 3.8) is 0 Å². The molecule has 160 valence electrons. The molecular weight excluding hydrogens is 459 g/mol. The van der Waals surface area contributed by atoms with Gasteiger partial charge in [0.1, 0.15) is 6.04 Å². The van der Waals surface area contributed by atoms with E-state index in [0.29, 0.717) is 36.2 Å². The molecule has 0 saturated carbocycles. The zero-order chi connectivity index (χ0) is 22.4. The van der Waals surface area contributed by atoms with Crippen LogP contribution in [-0.4, -0.2) is 27.4 Å². The monoisotopic (exact) mass is 476 g/mol. The predicted octanol–water partition coefficient (Wildman–Crippen LogP) is 2.76. The van der Waals surface area contributed by atoms with E-state index in [-0.39, 0.29) is 5.56 Å². The van der Waals surface area contributed by atoms with Crippen LogP contribution in [0.3, 0.4) is 0 Å². The van der Waals surface area contributed by atoms with Crippen molar-refractivity contribution in [2.75, 3.05) is 7.11 Å². The SMILES string of the molecule is COC(=O)C1=C(C)N=c2s/c(=C/c3ccc(Cl)cc3Cl)c(=O)n2C1c1cnn(C)c1C. The van der Waals surface area contributed by atoms with Crippen LogP contribution in [0.15, 0.2) is 45.5 Å². The number of halogens is 2. The Morgan fingerprint density at radius 2 is 2.03 bits per heavy atom. The van der Waals surface area contributed by atoms with Crippen molar-refractivity contribution in [3.8, 4) is 0 Å². The number of allylic oxidation sites excluding steroid dienone is 1. The zero-order valence-electron chi connectivity index (χ0n) is 17.1. The van der Waals surface area contributed by atoms with Crippen molar-refractivity contribution in [1.82, 2.24) is 14.3 Å². The molecule has 1 aliphatic rings. The number of fused-ring (bicyclic) bond motifs is 1.